The second kappa shape index (κ2) is 13.2. The van der Waals surface area contributed by atoms with E-state index in [4.69, 9.17) is 0 Å². The van der Waals surface area contributed by atoms with Crippen molar-refractivity contribution >= 4 is 43.6 Å². The lowest BCUT2D eigenvalue weighted by Gasteiger charge is -2.13. The van der Waals surface area contributed by atoms with Crippen LogP contribution in [0.5, 0.6) is 0 Å². The molecule has 0 spiro atoms. The van der Waals surface area contributed by atoms with Gasteiger partial charge < -0.3 is 9.13 Å². The SMILES string of the molecule is c1ccc(-c2cccc(-n3c4ccccc4c4cc(-c5ccccc5-c5ccc6c(c5)c5ccccc5n6-c5cccc(-c6ccccc6)c5)ccc43)c2)cc1. The zero-order chi connectivity index (χ0) is 37.0. The summed E-state index contributed by atoms with van der Waals surface area (Å²) >= 11 is 0. The van der Waals surface area contributed by atoms with Crippen molar-refractivity contribution in [2.75, 3.05) is 0 Å². The van der Waals surface area contributed by atoms with Crippen LogP contribution in [0.3, 0.4) is 0 Å². The Labute approximate surface area is 325 Å². The van der Waals surface area contributed by atoms with Crippen LogP contribution in [0, 0.1) is 0 Å². The summed E-state index contributed by atoms with van der Waals surface area (Å²) in [5, 5.41) is 4.98. The normalized spacial score (nSPS) is 11.6. The van der Waals surface area contributed by atoms with E-state index < -0.39 is 0 Å². The van der Waals surface area contributed by atoms with E-state index in [1.54, 1.807) is 0 Å². The van der Waals surface area contributed by atoms with Crippen LogP contribution >= 0.6 is 0 Å². The minimum atomic E-state index is 1.16. The molecular formula is C54H36N2. The van der Waals surface area contributed by atoms with Crippen molar-refractivity contribution in [1.82, 2.24) is 9.13 Å². The molecule has 0 aliphatic heterocycles. The highest BCUT2D eigenvalue weighted by molar-refractivity contribution is 6.12. The highest BCUT2D eigenvalue weighted by Crippen LogP contribution is 2.41. The number of aromatic nitrogens is 2. The Balaban J connectivity index is 1.04. The molecule has 2 nitrogen and oxygen atoms in total. The molecule has 56 heavy (non-hydrogen) atoms. The summed E-state index contributed by atoms with van der Waals surface area (Å²) in [6.07, 6.45) is 0. The van der Waals surface area contributed by atoms with Gasteiger partial charge >= 0.3 is 0 Å². The number of fused-ring (bicyclic) bond motifs is 6. The third-order valence-electron chi connectivity index (χ3n) is 11.3. The van der Waals surface area contributed by atoms with E-state index in [2.05, 4.69) is 228 Å². The standard InChI is InChI=1S/C54H36N2/c1-3-15-37(16-4-1)39-19-13-21-43(33-39)55-51-27-11-9-25-47(51)49-35-41(29-31-53(49)55)45-23-7-8-24-46(45)42-30-32-54-50(36-42)48-26-10-12-28-52(48)56(54)44-22-14-20-40(34-44)38-17-5-2-6-18-38/h1-36H. The first-order valence-corrected chi connectivity index (χ1v) is 19.3. The van der Waals surface area contributed by atoms with Gasteiger partial charge in [-0.3, -0.25) is 0 Å². The summed E-state index contributed by atoms with van der Waals surface area (Å²) in [7, 11) is 0. The van der Waals surface area contributed by atoms with Crippen molar-refractivity contribution in [3.63, 3.8) is 0 Å². The number of para-hydroxylation sites is 2. The van der Waals surface area contributed by atoms with Crippen LogP contribution < -0.4 is 0 Å². The molecule has 0 aliphatic carbocycles. The summed E-state index contributed by atoms with van der Waals surface area (Å²) in [5.74, 6) is 0. The van der Waals surface area contributed by atoms with Crippen LogP contribution in [0.25, 0.3) is 99.5 Å². The van der Waals surface area contributed by atoms with Crippen molar-refractivity contribution in [2.45, 2.75) is 0 Å². The van der Waals surface area contributed by atoms with Gasteiger partial charge in [-0.15, -0.1) is 0 Å². The van der Waals surface area contributed by atoms with Gasteiger partial charge in [0.15, 0.2) is 0 Å². The van der Waals surface area contributed by atoms with Gasteiger partial charge in [-0.2, -0.15) is 0 Å². The lowest BCUT2D eigenvalue weighted by molar-refractivity contribution is 1.18. The van der Waals surface area contributed by atoms with Crippen LogP contribution in [0.15, 0.2) is 218 Å². The maximum Gasteiger partial charge on any atom is 0.0541 e. The third-order valence-corrected chi connectivity index (χ3v) is 11.3. The van der Waals surface area contributed by atoms with Crippen molar-refractivity contribution in [3.05, 3.63) is 218 Å². The van der Waals surface area contributed by atoms with Gasteiger partial charge in [0.1, 0.15) is 0 Å². The molecule has 2 aromatic heterocycles. The van der Waals surface area contributed by atoms with Crippen LogP contribution in [0.1, 0.15) is 0 Å². The smallest absolute Gasteiger partial charge is 0.0541 e. The Morgan fingerprint density at radius 2 is 0.589 bits per heavy atom. The monoisotopic (exact) mass is 712 g/mol. The molecule has 2 heteroatoms. The predicted molar refractivity (Wildman–Crippen MR) is 237 cm³/mol. The lowest BCUT2D eigenvalue weighted by atomic mass is 9.93. The molecular weight excluding hydrogens is 677 g/mol. The van der Waals surface area contributed by atoms with E-state index in [0.29, 0.717) is 0 Å². The summed E-state index contributed by atoms with van der Waals surface area (Å²) in [6.45, 7) is 0. The number of hydrogen-bond donors (Lipinski definition) is 0. The van der Waals surface area contributed by atoms with Crippen molar-refractivity contribution in [1.29, 1.82) is 0 Å². The van der Waals surface area contributed by atoms with E-state index in [1.165, 1.54) is 88.1 Å². The largest absolute Gasteiger partial charge is 0.309 e. The average molecular weight is 713 g/mol. The van der Waals surface area contributed by atoms with E-state index >= 15 is 0 Å². The van der Waals surface area contributed by atoms with Gasteiger partial charge in [0, 0.05) is 32.9 Å². The molecule has 0 unspecified atom stereocenters. The number of nitrogens with zero attached hydrogens (tertiary/aromatic N) is 2. The summed E-state index contributed by atoms with van der Waals surface area (Å²) in [6, 6.07) is 79.4. The number of hydrogen-bond acceptors (Lipinski definition) is 0. The maximum absolute atomic E-state index is 2.41. The van der Waals surface area contributed by atoms with E-state index in [0.717, 1.165) is 11.4 Å². The van der Waals surface area contributed by atoms with Gasteiger partial charge in [0.05, 0.1) is 22.1 Å². The van der Waals surface area contributed by atoms with Crippen LogP contribution in [0.4, 0.5) is 0 Å². The minimum absolute atomic E-state index is 1.16. The predicted octanol–water partition coefficient (Wildman–Crippen LogP) is 14.5. The Morgan fingerprint density at radius 3 is 1.05 bits per heavy atom. The van der Waals surface area contributed by atoms with E-state index in [1.807, 2.05) is 0 Å². The number of benzene rings is 9. The molecule has 0 N–H and O–H groups in total. The zero-order valence-corrected chi connectivity index (χ0v) is 30.7. The first-order valence-electron chi connectivity index (χ1n) is 19.3. The molecule has 9 aromatic carbocycles. The first-order chi connectivity index (χ1) is 27.8. The fourth-order valence-electron chi connectivity index (χ4n) is 8.73. The topological polar surface area (TPSA) is 9.86 Å². The molecule has 0 fully saturated rings. The summed E-state index contributed by atoms with van der Waals surface area (Å²) in [4.78, 5) is 0. The fourth-order valence-corrected chi connectivity index (χ4v) is 8.73. The molecule has 0 aliphatic rings. The quantitative estimate of drug-likeness (QED) is 0.162. The van der Waals surface area contributed by atoms with Crippen molar-refractivity contribution in [3.8, 4) is 55.9 Å². The highest BCUT2D eigenvalue weighted by Gasteiger charge is 2.18. The number of rotatable bonds is 6. The molecule has 11 aromatic rings. The Hall–Kier alpha value is -7.42. The molecule has 262 valence electrons. The van der Waals surface area contributed by atoms with Crippen LogP contribution in [-0.2, 0) is 0 Å². The maximum atomic E-state index is 2.41. The molecule has 0 atom stereocenters. The van der Waals surface area contributed by atoms with Gasteiger partial charge in [-0.05, 0) is 105 Å². The fraction of sp³-hybridized carbons (Fsp3) is 0. The molecule has 0 saturated heterocycles. The summed E-state index contributed by atoms with van der Waals surface area (Å²) in [5.41, 5.74) is 16.8. The average Bonchev–Trinajstić information content (AvgIpc) is 3.79. The van der Waals surface area contributed by atoms with E-state index in [-0.39, 0.29) is 0 Å². The Morgan fingerprint density at radius 1 is 0.214 bits per heavy atom. The molecule has 0 saturated carbocycles. The molecule has 2 heterocycles. The highest BCUT2D eigenvalue weighted by atomic mass is 15.0. The Kier molecular flexibility index (Phi) is 7.53. The third kappa shape index (κ3) is 5.26. The van der Waals surface area contributed by atoms with Gasteiger partial charge in [0.25, 0.3) is 0 Å². The van der Waals surface area contributed by atoms with Crippen LogP contribution in [0.2, 0.25) is 0 Å². The van der Waals surface area contributed by atoms with Gasteiger partial charge in [0.2, 0.25) is 0 Å². The Bertz CT molecular complexity index is 3020. The van der Waals surface area contributed by atoms with Gasteiger partial charge in [-0.25, -0.2) is 0 Å². The van der Waals surface area contributed by atoms with Gasteiger partial charge in [-0.1, -0.05) is 158 Å². The second-order valence-corrected chi connectivity index (χ2v) is 14.5. The first kappa shape index (κ1) is 32.0. The van der Waals surface area contributed by atoms with Crippen LogP contribution in [-0.4, -0.2) is 9.13 Å². The van der Waals surface area contributed by atoms with Crippen molar-refractivity contribution < 1.29 is 0 Å². The molecule has 11 rings (SSSR count). The summed E-state index contributed by atoms with van der Waals surface area (Å²) < 4.78 is 4.82. The molecule has 0 radical (unpaired) electrons. The molecule has 0 amide bonds. The lowest BCUT2D eigenvalue weighted by Crippen LogP contribution is -1.94. The second-order valence-electron chi connectivity index (χ2n) is 14.5. The zero-order valence-electron chi connectivity index (χ0n) is 30.7. The minimum Gasteiger partial charge on any atom is -0.309 e. The van der Waals surface area contributed by atoms with E-state index in [9.17, 15) is 0 Å². The molecule has 0 bridgehead atoms. The van der Waals surface area contributed by atoms with Crippen molar-refractivity contribution in [2.24, 2.45) is 0 Å².